The van der Waals surface area contributed by atoms with Gasteiger partial charge in [-0.1, -0.05) is 26.0 Å². The lowest BCUT2D eigenvalue weighted by Crippen LogP contribution is -2.39. The Labute approximate surface area is 175 Å². The lowest BCUT2D eigenvalue weighted by Gasteiger charge is -2.29. The van der Waals surface area contributed by atoms with Crippen LogP contribution in [0.2, 0.25) is 0 Å². The van der Waals surface area contributed by atoms with Gasteiger partial charge < -0.3 is 15.4 Å². The van der Waals surface area contributed by atoms with Gasteiger partial charge in [-0.15, -0.1) is 0 Å². The molecule has 2 N–H and O–H groups in total. The van der Waals surface area contributed by atoms with Gasteiger partial charge in [0.05, 0.1) is 19.7 Å². The smallest absolute Gasteiger partial charge is 0.191 e. The van der Waals surface area contributed by atoms with Crippen molar-refractivity contribution >= 4 is 5.96 Å². The van der Waals surface area contributed by atoms with Crippen LogP contribution in [-0.2, 0) is 6.54 Å². The fourth-order valence-electron chi connectivity index (χ4n) is 3.34. The van der Waals surface area contributed by atoms with Crippen molar-refractivity contribution in [2.75, 3.05) is 39.8 Å². The Balaban J connectivity index is 2.03. The number of aryl methyl sites for hydroxylation is 1. The number of rotatable bonds is 12. The van der Waals surface area contributed by atoms with Crippen molar-refractivity contribution in [3.8, 4) is 5.75 Å². The summed E-state index contributed by atoms with van der Waals surface area (Å²) in [5.74, 6) is 1.74. The highest BCUT2D eigenvalue weighted by Crippen LogP contribution is 2.24. The van der Waals surface area contributed by atoms with Gasteiger partial charge in [0.1, 0.15) is 5.75 Å². The molecule has 0 radical (unpaired) electrons. The van der Waals surface area contributed by atoms with E-state index in [-0.39, 0.29) is 6.04 Å². The third-order valence-electron chi connectivity index (χ3n) is 4.91. The highest BCUT2D eigenvalue weighted by molar-refractivity contribution is 5.79. The van der Waals surface area contributed by atoms with Crippen LogP contribution in [-0.4, -0.2) is 60.5 Å². The first kappa shape index (κ1) is 22.7. The number of hydrogen-bond acceptors (Lipinski definition) is 4. The molecule has 2 rings (SSSR count). The van der Waals surface area contributed by atoms with Crippen LogP contribution in [0.1, 0.15) is 38.8 Å². The van der Waals surface area contributed by atoms with Crippen LogP contribution in [0, 0.1) is 0 Å². The second-order valence-electron chi connectivity index (χ2n) is 6.78. The molecule has 0 fully saturated rings. The zero-order valence-corrected chi connectivity index (χ0v) is 18.3. The maximum absolute atomic E-state index is 5.43. The molecule has 1 aromatic heterocycles. The summed E-state index contributed by atoms with van der Waals surface area (Å²) in [7, 11) is 1.71. The second kappa shape index (κ2) is 12.8. The number of likely N-dealkylation sites (N-methyl/N-ethyl adjacent to an activating group) is 1. The number of aromatic nitrogens is 2. The van der Waals surface area contributed by atoms with Crippen molar-refractivity contribution in [1.29, 1.82) is 0 Å². The van der Waals surface area contributed by atoms with E-state index in [1.807, 2.05) is 35.3 Å². The van der Waals surface area contributed by atoms with Crippen LogP contribution in [0.3, 0.4) is 0 Å². The first-order valence-corrected chi connectivity index (χ1v) is 10.6. The van der Waals surface area contributed by atoms with E-state index in [9.17, 15) is 0 Å². The van der Waals surface area contributed by atoms with E-state index < -0.39 is 0 Å². The molecule has 160 valence electrons. The molecule has 1 unspecified atom stereocenters. The van der Waals surface area contributed by atoms with Crippen LogP contribution < -0.4 is 15.4 Å². The number of nitrogens with zero attached hydrogens (tertiary/aromatic N) is 4. The second-order valence-corrected chi connectivity index (χ2v) is 6.78. The number of hydrogen-bond donors (Lipinski definition) is 2. The molecule has 0 amide bonds. The fourth-order valence-corrected chi connectivity index (χ4v) is 3.34. The average molecular weight is 401 g/mol. The molecule has 1 aromatic carbocycles. The third-order valence-corrected chi connectivity index (χ3v) is 4.91. The number of guanidine groups is 1. The van der Waals surface area contributed by atoms with E-state index in [1.165, 1.54) is 5.56 Å². The number of ether oxygens (including phenoxy) is 1. The van der Waals surface area contributed by atoms with E-state index in [0.29, 0.717) is 6.54 Å². The zero-order valence-electron chi connectivity index (χ0n) is 18.3. The summed E-state index contributed by atoms with van der Waals surface area (Å²) in [4.78, 5) is 7.32. The van der Waals surface area contributed by atoms with E-state index in [0.717, 1.165) is 50.9 Å². The van der Waals surface area contributed by atoms with Gasteiger partial charge in [-0.25, -0.2) is 0 Å². The summed E-state index contributed by atoms with van der Waals surface area (Å²) in [6.45, 7) is 11.7. The van der Waals surface area contributed by atoms with E-state index >= 15 is 0 Å². The molecule has 7 heteroatoms. The average Bonchev–Trinajstić information content (AvgIpc) is 3.27. The van der Waals surface area contributed by atoms with E-state index in [1.54, 1.807) is 7.11 Å². The van der Waals surface area contributed by atoms with Crippen LogP contribution in [0.4, 0.5) is 0 Å². The Kier molecular flexibility index (Phi) is 10.1. The Morgan fingerprint density at radius 2 is 2.03 bits per heavy atom. The summed E-state index contributed by atoms with van der Waals surface area (Å²) in [6.07, 6.45) is 4.79. The number of methoxy groups -OCH3 is 1. The standard InChI is InChI=1S/C22H36N6O/c1-5-23-22(24-13-9-15-28-16-10-14-26-28)25-18-21(27(6-2)7-3)19-11-8-12-20(17-19)29-4/h8,10-12,14,16-17,21H,5-7,9,13,15,18H2,1-4H3,(H2,23,24,25). The van der Waals surface area contributed by atoms with Crippen molar-refractivity contribution in [3.05, 3.63) is 48.3 Å². The molecule has 0 saturated carbocycles. The molecule has 0 saturated heterocycles. The summed E-state index contributed by atoms with van der Waals surface area (Å²) >= 11 is 0. The maximum atomic E-state index is 5.43. The first-order valence-electron chi connectivity index (χ1n) is 10.6. The Morgan fingerprint density at radius 1 is 1.21 bits per heavy atom. The van der Waals surface area contributed by atoms with Crippen molar-refractivity contribution in [3.63, 3.8) is 0 Å². The Morgan fingerprint density at radius 3 is 2.69 bits per heavy atom. The SMILES string of the molecule is CCNC(=NCC(c1cccc(OC)c1)N(CC)CC)NCCCn1cccn1. The monoisotopic (exact) mass is 400 g/mol. The molecular weight excluding hydrogens is 364 g/mol. The predicted molar refractivity (Wildman–Crippen MR) is 119 cm³/mol. The van der Waals surface area contributed by atoms with Gasteiger partial charge in [-0.05, 0) is 50.2 Å². The Hall–Kier alpha value is -2.54. The lowest BCUT2D eigenvalue weighted by molar-refractivity contribution is 0.224. The fraction of sp³-hybridized carbons (Fsp3) is 0.545. The number of aliphatic imine (C=N–C) groups is 1. The van der Waals surface area contributed by atoms with Crippen molar-refractivity contribution < 1.29 is 4.74 Å². The minimum Gasteiger partial charge on any atom is -0.497 e. The van der Waals surface area contributed by atoms with Gasteiger partial charge in [0.2, 0.25) is 0 Å². The largest absolute Gasteiger partial charge is 0.497 e. The molecule has 0 bridgehead atoms. The minimum absolute atomic E-state index is 0.208. The zero-order chi connectivity index (χ0) is 20.9. The highest BCUT2D eigenvalue weighted by Gasteiger charge is 2.18. The molecule has 0 spiro atoms. The van der Waals surface area contributed by atoms with Gasteiger partial charge in [0.25, 0.3) is 0 Å². The van der Waals surface area contributed by atoms with Crippen LogP contribution >= 0.6 is 0 Å². The quantitative estimate of drug-likeness (QED) is 0.326. The van der Waals surface area contributed by atoms with E-state index in [2.05, 4.69) is 53.5 Å². The molecule has 0 aliphatic carbocycles. The summed E-state index contributed by atoms with van der Waals surface area (Å²) in [5, 5.41) is 11.0. The van der Waals surface area contributed by atoms with Crippen LogP contribution in [0.15, 0.2) is 47.7 Å². The number of nitrogens with one attached hydrogen (secondary N) is 2. The third kappa shape index (κ3) is 7.42. The molecule has 1 heterocycles. The molecule has 0 aliphatic heterocycles. The highest BCUT2D eigenvalue weighted by atomic mass is 16.5. The van der Waals surface area contributed by atoms with Crippen LogP contribution in [0.5, 0.6) is 5.75 Å². The minimum atomic E-state index is 0.208. The summed E-state index contributed by atoms with van der Waals surface area (Å²) < 4.78 is 7.38. The molecule has 2 aromatic rings. The van der Waals surface area contributed by atoms with E-state index in [4.69, 9.17) is 9.73 Å². The molecule has 1 atom stereocenters. The molecule has 7 nitrogen and oxygen atoms in total. The van der Waals surface area contributed by atoms with Gasteiger partial charge >= 0.3 is 0 Å². The maximum Gasteiger partial charge on any atom is 0.191 e. The van der Waals surface area contributed by atoms with Gasteiger partial charge in [-0.2, -0.15) is 5.10 Å². The van der Waals surface area contributed by atoms with Gasteiger partial charge in [0, 0.05) is 32.0 Å². The first-order chi connectivity index (χ1) is 14.2. The Bertz CT molecular complexity index is 712. The van der Waals surface area contributed by atoms with Crippen molar-refractivity contribution in [1.82, 2.24) is 25.3 Å². The van der Waals surface area contributed by atoms with Crippen molar-refractivity contribution in [2.45, 2.75) is 39.8 Å². The summed E-state index contributed by atoms with van der Waals surface area (Å²) in [5.41, 5.74) is 1.23. The lowest BCUT2D eigenvalue weighted by atomic mass is 10.0. The molecular formula is C22H36N6O. The van der Waals surface area contributed by atoms with Crippen molar-refractivity contribution in [2.24, 2.45) is 4.99 Å². The van der Waals surface area contributed by atoms with Gasteiger partial charge in [-0.3, -0.25) is 14.6 Å². The number of benzene rings is 1. The summed E-state index contributed by atoms with van der Waals surface area (Å²) in [6, 6.07) is 10.5. The van der Waals surface area contributed by atoms with Crippen LogP contribution in [0.25, 0.3) is 0 Å². The normalized spacial score (nSPS) is 12.8. The molecule has 29 heavy (non-hydrogen) atoms. The van der Waals surface area contributed by atoms with Gasteiger partial charge in [0.15, 0.2) is 5.96 Å². The molecule has 0 aliphatic rings. The predicted octanol–water partition coefficient (Wildman–Crippen LogP) is 2.92. The topological polar surface area (TPSA) is 66.7 Å².